The molecular weight excluding hydrogens is 220 g/mol. The number of nitrogens with zero attached hydrogens (tertiary/aromatic N) is 1. The number of thioether (sulfide) groups is 1. The summed E-state index contributed by atoms with van der Waals surface area (Å²) in [5.74, 6) is 0.209. The summed E-state index contributed by atoms with van der Waals surface area (Å²) in [6.07, 6.45) is 0. The first kappa shape index (κ1) is 11.5. The fraction of sp³-hybridized carbons (Fsp3) is 0.500. The van der Waals surface area contributed by atoms with Crippen LogP contribution in [0.3, 0.4) is 0 Å². The van der Waals surface area contributed by atoms with E-state index in [1.165, 1.54) is 11.8 Å². The number of aromatic nitrogens is 1. The molecule has 3 N–H and O–H groups in total. The zero-order valence-electron chi connectivity index (χ0n) is 7.77. The highest BCUT2D eigenvalue weighted by molar-refractivity contribution is 7.98. The molecule has 1 heterocycles. The molecule has 0 aliphatic carbocycles. The van der Waals surface area contributed by atoms with E-state index in [0.717, 1.165) is 16.5 Å². The van der Waals surface area contributed by atoms with Crippen LogP contribution in [0, 0.1) is 6.92 Å². The van der Waals surface area contributed by atoms with Crippen molar-refractivity contribution in [1.82, 2.24) is 4.98 Å². The van der Waals surface area contributed by atoms with E-state index in [1.54, 1.807) is 11.3 Å². The van der Waals surface area contributed by atoms with E-state index in [0.29, 0.717) is 5.75 Å². The van der Waals surface area contributed by atoms with Gasteiger partial charge in [0.15, 0.2) is 0 Å². The van der Waals surface area contributed by atoms with E-state index in [4.69, 9.17) is 10.8 Å². The van der Waals surface area contributed by atoms with Crippen LogP contribution in [0.25, 0.3) is 0 Å². The van der Waals surface area contributed by atoms with Gasteiger partial charge in [0.05, 0.1) is 0 Å². The largest absolute Gasteiger partial charge is 0.480 e. The minimum atomic E-state index is -0.951. The highest BCUT2D eigenvalue weighted by Gasteiger charge is 2.11. The van der Waals surface area contributed by atoms with Crippen molar-refractivity contribution in [2.75, 3.05) is 5.75 Å². The average Bonchev–Trinajstić information content (AvgIpc) is 2.51. The van der Waals surface area contributed by atoms with E-state index in [-0.39, 0.29) is 0 Å². The average molecular weight is 232 g/mol. The maximum absolute atomic E-state index is 10.4. The molecule has 0 aliphatic heterocycles. The van der Waals surface area contributed by atoms with Crippen LogP contribution in [-0.2, 0) is 10.5 Å². The summed E-state index contributed by atoms with van der Waals surface area (Å²) in [4.78, 5) is 14.7. The molecule has 0 bridgehead atoms. The fourth-order valence-electron chi connectivity index (χ4n) is 0.813. The minimum Gasteiger partial charge on any atom is -0.480 e. The smallest absolute Gasteiger partial charge is 0.321 e. The van der Waals surface area contributed by atoms with Crippen LogP contribution in [-0.4, -0.2) is 27.9 Å². The molecule has 0 saturated carbocycles. The quantitative estimate of drug-likeness (QED) is 0.795. The van der Waals surface area contributed by atoms with Crippen molar-refractivity contribution in [1.29, 1.82) is 0 Å². The van der Waals surface area contributed by atoms with Crippen LogP contribution in [0.2, 0.25) is 0 Å². The van der Waals surface area contributed by atoms with Gasteiger partial charge < -0.3 is 10.8 Å². The van der Waals surface area contributed by atoms with Crippen LogP contribution in [0.1, 0.15) is 10.7 Å². The summed E-state index contributed by atoms with van der Waals surface area (Å²) in [7, 11) is 0. The Morgan fingerprint density at radius 2 is 2.57 bits per heavy atom. The zero-order chi connectivity index (χ0) is 10.6. The summed E-state index contributed by atoms with van der Waals surface area (Å²) in [6, 6.07) is -0.777. The number of carboxylic acid groups (broad SMARTS) is 1. The van der Waals surface area contributed by atoms with Crippen molar-refractivity contribution in [3.8, 4) is 0 Å². The van der Waals surface area contributed by atoms with Gasteiger partial charge in [-0.25, -0.2) is 4.98 Å². The lowest BCUT2D eigenvalue weighted by molar-refractivity contribution is -0.137. The molecule has 4 nitrogen and oxygen atoms in total. The summed E-state index contributed by atoms with van der Waals surface area (Å²) in [5.41, 5.74) is 6.36. The minimum absolute atomic E-state index is 0.425. The molecule has 0 amide bonds. The topological polar surface area (TPSA) is 76.2 Å². The van der Waals surface area contributed by atoms with Crippen molar-refractivity contribution >= 4 is 29.1 Å². The SMILES string of the molecule is Cc1csc(CSCC(N)C(=O)O)n1. The Bertz CT molecular complexity index is 314. The number of thiazole rings is 1. The van der Waals surface area contributed by atoms with Gasteiger partial charge in [-0.1, -0.05) is 0 Å². The van der Waals surface area contributed by atoms with Crippen molar-refractivity contribution in [2.45, 2.75) is 18.7 Å². The first-order valence-corrected chi connectivity index (χ1v) is 6.10. The van der Waals surface area contributed by atoms with E-state index in [9.17, 15) is 4.79 Å². The first-order valence-electron chi connectivity index (χ1n) is 4.06. The Labute approximate surface area is 90.5 Å². The van der Waals surface area contributed by atoms with Crippen LogP contribution in [0.15, 0.2) is 5.38 Å². The fourth-order valence-corrected chi connectivity index (χ4v) is 2.65. The van der Waals surface area contributed by atoms with Crippen molar-refractivity contribution in [2.24, 2.45) is 5.73 Å². The Morgan fingerprint density at radius 1 is 1.86 bits per heavy atom. The summed E-state index contributed by atoms with van der Waals surface area (Å²) < 4.78 is 0. The molecule has 1 unspecified atom stereocenters. The molecule has 1 aromatic heterocycles. The molecule has 0 fully saturated rings. The lowest BCUT2D eigenvalue weighted by Gasteiger charge is -2.03. The molecule has 0 spiro atoms. The third-order valence-electron chi connectivity index (χ3n) is 1.51. The third kappa shape index (κ3) is 3.65. The summed E-state index contributed by atoms with van der Waals surface area (Å²) in [5, 5.41) is 11.5. The number of carbonyl (C=O) groups is 1. The molecule has 78 valence electrons. The van der Waals surface area contributed by atoms with Gasteiger partial charge in [-0.05, 0) is 6.92 Å². The highest BCUT2D eigenvalue weighted by atomic mass is 32.2. The number of hydrogen-bond donors (Lipinski definition) is 2. The number of aryl methyl sites for hydroxylation is 1. The second-order valence-electron chi connectivity index (χ2n) is 2.84. The van der Waals surface area contributed by atoms with Gasteiger partial charge in [-0.15, -0.1) is 11.3 Å². The van der Waals surface area contributed by atoms with E-state index < -0.39 is 12.0 Å². The second-order valence-corrected chi connectivity index (χ2v) is 4.82. The molecule has 0 aromatic carbocycles. The van der Waals surface area contributed by atoms with Gasteiger partial charge >= 0.3 is 5.97 Å². The Kier molecular flexibility index (Phi) is 4.37. The Hall–Kier alpha value is -0.590. The Morgan fingerprint density at radius 3 is 3.07 bits per heavy atom. The van der Waals surface area contributed by atoms with Gasteiger partial charge in [0.1, 0.15) is 11.0 Å². The molecule has 0 saturated heterocycles. The van der Waals surface area contributed by atoms with Gasteiger partial charge in [0.25, 0.3) is 0 Å². The lowest BCUT2D eigenvalue weighted by Crippen LogP contribution is -2.32. The van der Waals surface area contributed by atoms with Gasteiger partial charge in [0, 0.05) is 22.6 Å². The van der Waals surface area contributed by atoms with Crippen LogP contribution in [0.5, 0.6) is 0 Å². The Balaban J connectivity index is 2.25. The molecular formula is C8H12N2O2S2. The summed E-state index contributed by atoms with van der Waals surface area (Å²) >= 11 is 3.09. The van der Waals surface area contributed by atoms with E-state index in [2.05, 4.69) is 4.98 Å². The van der Waals surface area contributed by atoms with Crippen molar-refractivity contribution < 1.29 is 9.90 Å². The maximum Gasteiger partial charge on any atom is 0.321 e. The zero-order valence-corrected chi connectivity index (χ0v) is 9.40. The third-order valence-corrected chi connectivity index (χ3v) is 3.73. The monoisotopic (exact) mass is 232 g/mol. The molecule has 0 aliphatic rings. The second kappa shape index (κ2) is 5.33. The lowest BCUT2D eigenvalue weighted by atomic mass is 10.4. The molecule has 1 rings (SSSR count). The summed E-state index contributed by atoms with van der Waals surface area (Å²) in [6.45, 7) is 1.94. The van der Waals surface area contributed by atoms with Gasteiger partial charge in [-0.3, -0.25) is 4.79 Å². The molecule has 1 aromatic rings. The highest BCUT2D eigenvalue weighted by Crippen LogP contribution is 2.16. The number of hydrogen-bond acceptors (Lipinski definition) is 5. The number of aliphatic carboxylic acids is 1. The van der Waals surface area contributed by atoms with Crippen LogP contribution < -0.4 is 5.73 Å². The predicted molar refractivity (Wildman–Crippen MR) is 58.6 cm³/mol. The number of nitrogens with two attached hydrogens (primary N) is 1. The van der Waals surface area contributed by atoms with E-state index >= 15 is 0 Å². The van der Waals surface area contributed by atoms with Crippen LogP contribution in [0.4, 0.5) is 0 Å². The normalized spacial score (nSPS) is 12.7. The molecule has 1 atom stereocenters. The van der Waals surface area contributed by atoms with Crippen molar-refractivity contribution in [3.63, 3.8) is 0 Å². The van der Waals surface area contributed by atoms with E-state index in [1.807, 2.05) is 12.3 Å². The number of carboxylic acids is 1. The molecule has 0 radical (unpaired) electrons. The standard InChI is InChI=1S/C8H12N2O2S2/c1-5-2-14-7(10-5)4-13-3-6(9)8(11)12/h2,6H,3-4,9H2,1H3,(H,11,12). The van der Waals surface area contributed by atoms with Gasteiger partial charge in [0.2, 0.25) is 0 Å². The van der Waals surface area contributed by atoms with Crippen molar-refractivity contribution in [3.05, 3.63) is 16.1 Å². The molecule has 6 heteroatoms. The number of rotatable bonds is 5. The maximum atomic E-state index is 10.4. The van der Waals surface area contributed by atoms with Gasteiger partial charge in [-0.2, -0.15) is 11.8 Å². The van der Waals surface area contributed by atoms with Crippen LogP contribution >= 0.6 is 23.1 Å². The molecule has 14 heavy (non-hydrogen) atoms. The first-order chi connectivity index (χ1) is 6.59. The predicted octanol–water partition coefficient (Wildman–Crippen LogP) is 1.10.